The number of ether oxygens (including phenoxy) is 1. The number of carbonyl (C=O) groups excluding carboxylic acids is 2. The predicted molar refractivity (Wildman–Crippen MR) is 134 cm³/mol. The van der Waals surface area contributed by atoms with E-state index in [2.05, 4.69) is 17.6 Å². The van der Waals surface area contributed by atoms with E-state index in [1.807, 2.05) is 30.5 Å². The molecule has 0 aliphatic rings. The molecular weight excluding hydrogens is 467 g/mol. The second-order valence-electron chi connectivity index (χ2n) is 7.32. The molecule has 0 saturated carbocycles. The Morgan fingerprint density at radius 2 is 1.88 bits per heavy atom. The van der Waals surface area contributed by atoms with Gasteiger partial charge in [0.2, 0.25) is 5.91 Å². The molecule has 5 nitrogen and oxygen atoms in total. The molecule has 2 N–H and O–H groups in total. The molecule has 0 aromatic heterocycles. The predicted octanol–water partition coefficient (Wildman–Crippen LogP) is 5.38. The number of halogens is 2. The molecule has 0 aliphatic carbocycles. The smallest absolute Gasteiger partial charge is 0.253 e. The van der Waals surface area contributed by atoms with Crippen LogP contribution in [0, 0.1) is 0 Å². The van der Waals surface area contributed by atoms with E-state index in [4.69, 9.17) is 27.9 Å². The first kappa shape index (κ1) is 26.4. The van der Waals surface area contributed by atoms with Crippen molar-refractivity contribution in [2.24, 2.45) is 0 Å². The third-order valence-electron chi connectivity index (χ3n) is 4.81. The van der Waals surface area contributed by atoms with Gasteiger partial charge in [0, 0.05) is 11.6 Å². The molecule has 2 rings (SSSR count). The van der Waals surface area contributed by atoms with Crippen LogP contribution in [-0.4, -0.2) is 43.0 Å². The summed E-state index contributed by atoms with van der Waals surface area (Å²) in [5.41, 5.74) is 1.39. The van der Waals surface area contributed by atoms with Crippen molar-refractivity contribution in [3.63, 3.8) is 0 Å². The Morgan fingerprint density at radius 1 is 1.12 bits per heavy atom. The van der Waals surface area contributed by atoms with E-state index in [1.165, 1.54) is 6.07 Å². The zero-order valence-electron chi connectivity index (χ0n) is 18.5. The van der Waals surface area contributed by atoms with E-state index in [0.29, 0.717) is 30.0 Å². The maximum atomic E-state index is 12.7. The van der Waals surface area contributed by atoms with Gasteiger partial charge in [-0.2, -0.15) is 11.8 Å². The number of amides is 2. The SMILES string of the molecule is CCCCOc1ccc(CCNC(=O)C(CCSC)NC(=O)c2ccc(Cl)cc2Cl)cc1. The molecule has 0 heterocycles. The van der Waals surface area contributed by atoms with Crippen LogP contribution in [0.5, 0.6) is 5.75 Å². The second kappa shape index (κ2) is 14.3. The van der Waals surface area contributed by atoms with Gasteiger partial charge in [-0.1, -0.05) is 48.7 Å². The van der Waals surface area contributed by atoms with Gasteiger partial charge >= 0.3 is 0 Å². The van der Waals surface area contributed by atoms with E-state index < -0.39 is 11.9 Å². The third kappa shape index (κ3) is 8.93. The van der Waals surface area contributed by atoms with Crippen molar-refractivity contribution >= 4 is 46.8 Å². The zero-order valence-corrected chi connectivity index (χ0v) is 20.8. The van der Waals surface area contributed by atoms with Crippen LogP contribution in [0.3, 0.4) is 0 Å². The minimum absolute atomic E-state index is 0.211. The standard InChI is InChI=1S/C24H30Cl2N2O3S/c1-3-4-14-31-19-8-5-17(6-9-19)11-13-27-24(30)22(12-15-32-2)28-23(29)20-10-7-18(25)16-21(20)26/h5-10,16,22H,3-4,11-15H2,1-2H3,(H,27,30)(H,28,29). The summed E-state index contributed by atoms with van der Waals surface area (Å²) in [5, 5.41) is 6.43. The third-order valence-corrected chi connectivity index (χ3v) is 6.00. The van der Waals surface area contributed by atoms with Gasteiger partial charge in [-0.3, -0.25) is 9.59 Å². The lowest BCUT2D eigenvalue weighted by Gasteiger charge is -2.19. The topological polar surface area (TPSA) is 67.4 Å². The molecule has 0 bridgehead atoms. The molecule has 0 spiro atoms. The largest absolute Gasteiger partial charge is 0.494 e. The fourth-order valence-corrected chi connectivity index (χ4v) is 3.92. The molecule has 0 saturated heterocycles. The van der Waals surface area contributed by atoms with Crippen LogP contribution in [0.2, 0.25) is 10.0 Å². The van der Waals surface area contributed by atoms with Gasteiger partial charge in [-0.25, -0.2) is 0 Å². The maximum Gasteiger partial charge on any atom is 0.253 e. The molecule has 2 amide bonds. The van der Waals surface area contributed by atoms with Gasteiger partial charge in [0.25, 0.3) is 5.91 Å². The van der Waals surface area contributed by atoms with Crippen LogP contribution in [-0.2, 0) is 11.2 Å². The van der Waals surface area contributed by atoms with Gasteiger partial charge in [0.1, 0.15) is 11.8 Å². The Hall–Kier alpha value is -1.89. The lowest BCUT2D eigenvalue weighted by atomic mass is 10.1. The zero-order chi connectivity index (χ0) is 23.3. The number of carbonyl (C=O) groups is 2. The number of thioether (sulfide) groups is 1. The molecule has 32 heavy (non-hydrogen) atoms. The van der Waals surface area contributed by atoms with Crippen LogP contribution in [0.1, 0.15) is 42.1 Å². The second-order valence-corrected chi connectivity index (χ2v) is 9.15. The summed E-state index contributed by atoms with van der Waals surface area (Å²) in [5.74, 6) is 0.988. The van der Waals surface area contributed by atoms with Crippen molar-refractivity contribution in [1.82, 2.24) is 10.6 Å². The van der Waals surface area contributed by atoms with Crippen molar-refractivity contribution in [1.29, 1.82) is 0 Å². The van der Waals surface area contributed by atoms with Crippen molar-refractivity contribution in [2.75, 3.05) is 25.2 Å². The molecule has 174 valence electrons. The number of nitrogens with one attached hydrogen (secondary N) is 2. The fraction of sp³-hybridized carbons (Fsp3) is 0.417. The maximum absolute atomic E-state index is 12.7. The molecule has 0 fully saturated rings. The van der Waals surface area contributed by atoms with Crippen LogP contribution in [0.15, 0.2) is 42.5 Å². The van der Waals surface area contributed by atoms with E-state index in [9.17, 15) is 9.59 Å². The molecule has 1 atom stereocenters. The van der Waals surface area contributed by atoms with Crippen LogP contribution < -0.4 is 15.4 Å². The summed E-state index contributed by atoms with van der Waals surface area (Å²) in [6.07, 6.45) is 5.30. The van der Waals surface area contributed by atoms with E-state index in [-0.39, 0.29) is 10.9 Å². The number of benzene rings is 2. The van der Waals surface area contributed by atoms with E-state index in [1.54, 1.807) is 23.9 Å². The summed E-state index contributed by atoms with van der Waals surface area (Å²) in [4.78, 5) is 25.4. The molecule has 8 heteroatoms. The quantitative estimate of drug-likeness (QED) is 0.365. The highest BCUT2D eigenvalue weighted by atomic mass is 35.5. The molecular formula is C24H30Cl2N2O3S. The number of hydrogen-bond donors (Lipinski definition) is 2. The minimum atomic E-state index is -0.643. The van der Waals surface area contributed by atoms with Gasteiger partial charge in [-0.15, -0.1) is 0 Å². The van der Waals surface area contributed by atoms with Gasteiger partial charge in [-0.05, 0) is 67.2 Å². The first-order valence-electron chi connectivity index (χ1n) is 10.7. The highest BCUT2D eigenvalue weighted by Crippen LogP contribution is 2.21. The molecule has 0 aliphatic heterocycles. The van der Waals surface area contributed by atoms with Crippen molar-refractivity contribution in [2.45, 2.75) is 38.6 Å². The normalized spacial score (nSPS) is 11.6. The van der Waals surface area contributed by atoms with Crippen molar-refractivity contribution < 1.29 is 14.3 Å². The monoisotopic (exact) mass is 496 g/mol. The Balaban J connectivity index is 1.88. The number of unbranched alkanes of at least 4 members (excludes halogenated alkanes) is 1. The lowest BCUT2D eigenvalue weighted by molar-refractivity contribution is -0.122. The van der Waals surface area contributed by atoms with Crippen molar-refractivity contribution in [3.05, 3.63) is 63.6 Å². The Kier molecular flexibility index (Phi) is 11.8. The summed E-state index contributed by atoms with van der Waals surface area (Å²) in [7, 11) is 0. The Labute approximate surface area is 204 Å². The van der Waals surface area contributed by atoms with Crippen molar-refractivity contribution in [3.8, 4) is 5.75 Å². The highest BCUT2D eigenvalue weighted by Gasteiger charge is 2.22. The van der Waals surface area contributed by atoms with E-state index in [0.717, 1.165) is 36.5 Å². The van der Waals surface area contributed by atoms with Gasteiger partial charge in [0.05, 0.1) is 17.2 Å². The minimum Gasteiger partial charge on any atom is -0.494 e. The average molecular weight is 497 g/mol. The first-order valence-corrected chi connectivity index (χ1v) is 12.8. The van der Waals surface area contributed by atoms with E-state index >= 15 is 0 Å². The fourth-order valence-electron chi connectivity index (χ4n) is 2.95. The van der Waals surface area contributed by atoms with Gasteiger partial charge < -0.3 is 15.4 Å². The summed E-state index contributed by atoms with van der Waals surface area (Å²) >= 11 is 13.6. The summed E-state index contributed by atoms with van der Waals surface area (Å²) < 4.78 is 5.67. The van der Waals surface area contributed by atoms with Crippen LogP contribution in [0.4, 0.5) is 0 Å². The highest BCUT2D eigenvalue weighted by molar-refractivity contribution is 7.98. The molecule has 0 radical (unpaired) electrons. The lowest BCUT2D eigenvalue weighted by Crippen LogP contribution is -2.47. The average Bonchev–Trinajstić information content (AvgIpc) is 2.77. The molecule has 2 aromatic carbocycles. The first-order chi connectivity index (χ1) is 15.4. The number of hydrogen-bond acceptors (Lipinski definition) is 4. The number of rotatable bonds is 13. The van der Waals surface area contributed by atoms with Gasteiger partial charge in [0.15, 0.2) is 0 Å². The molecule has 1 unspecified atom stereocenters. The summed E-state index contributed by atoms with van der Waals surface area (Å²) in [6, 6.07) is 11.9. The van der Waals surface area contributed by atoms with Crippen LogP contribution >= 0.6 is 35.0 Å². The Morgan fingerprint density at radius 3 is 2.53 bits per heavy atom. The summed E-state index contributed by atoms with van der Waals surface area (Å²) in [6.45, 7) is 3.32. The molecule has 2 aromatic rings. The van der Waals surface area contributed by atoms with Crippen LogP contribution in [0.25, 0.3) is 0 Å². The Bertz CT molecular complexity index is 878.